The van der Waals surface area contributed by atoms with Crippen LogP contribution >= 0.6 is 0 Å². The largest absolute Gasteiger partial charge is 0.378 e. The molecule has 1 aromatic heterocycles. The Morgan fingerprint density at radius 1 is 1.12 bits per heavy atom. The van der Waals surface area contributed by atoms with Crippen LogP contribution in [0, 0.1) is 11.8 Å². The van der Waals surface area contributed by atoms with Crippen molar-refractivity contribution in [1.29, 1.82) is 0 Å². The standard InChI is InChI=1S/C19H28N4O2/c24-19(23-9-11-25-12-10-23)18-13-17(2-6-21-18)22-7-3-15(4-8-22)16-1-5-20-14-16/h2,6,13,15-16,20H,1,3-5,7-12,14H2. The van der Waals surface area contributed by atoms with Gasteiger partial charge in [0.2, 0.25) is 0 Å². The van der Waals surface area contributed by atoms with Crippen molar-refractivity contribution in [3.05, 3.63) is 24.0 Å². The molecule has 1 N–H and O–H groups in total. The van der Waals surface area contributed by atoms with Crippen molar-refractivity contribution in [2.45, 2.75) is 19.3 Å². The maximum absolute atomic E-state index is 12.6. The van der Waals surface area contributed by atoms with Crippen LogP contribution in [0.1, 0.15) is 29.8 Å². The third kappa shape index (κ3) is 3.80. The zero-order valence-electron chi connectivity index (χ0n) is 14.8. The first kappa shape index (κ1) is 16.8. The first-order valence-electron chi connectivity index (χ1n) is 9.60. The Balaban J connectivity index is 1.39. The summed E-state index contributed by atoms with van der Waals surface area (Å²) in [5.74, 6) is 1.73. The van der Waals surface area contributed by atoms with E-state index in [9.17, 15) is 4.79 Å². The van der Waals surface area contributed by atoms with Crippen molar-refractivity contribution in [3.8, 4) is 0 Å². The van der Waals surface area contributed by atoms with E-state index in [-0.39, 0.29) is 5.91 Å². The lowest BCUT2D eigenvalue weighted by atomic mass is 9.83. The summed E-state index contributed by atoms with van der Waals surface area (Å²) in [4.78, 5) is 21.2. The molecule has 1 amide bonds. The minimum Gasteiger partial charge on any atom is -0.378 e. The number of rotatable bonds is 3. The van der Waals surface area contributed by atoms with E-state index in [2.05, 4.69) is 15.2 Å². The Hall–Kier alpha value is -1.66. The van der Waals surface area contributed by atoms with Gasteiger partial charge in [0, 0.05) is 38.1 Å². The van der Waals surface area contributed by atoms with Crippen molar-refractivity contribution in [2.75, 3.05) is 57.4 Å². The number of hydrogen-bond acceptors (Lipinski definition) is 5. The van der Waals surface area contributed by atoms with Gasteiger partial charge in [0.1, 0.15) is 5.69 Å². The summed E-state index contributed by atoms with van der Waals surface area (Å²) >= 11 is 0. The number of ether oxygens (including phenoxy) is 1. The molecule has 3 aliphatic heterocycles. The van der Waals surface area contributed by atoms with Gasteiger partial charge in [0.15, 0.2) is 0 Å². The van der Waals surface area contributed by atoms with Crippen molar-refractivity contribution in [3.63, 3.8) is 0 Å². The number of morpholine rings is 1. The highest BCUT2D eigenvalue weighted by atomic mass is 16.5. The van der Waals surface area contributed by atoms with Gasteiger partial charge in [0.25, 0.3) is 5.91 Å². The molecule has 0 aromatic carbocycles. The summed E-state index contributed by atoms with van der Waals surface area (Å²) in [5.41, 5.74) is 1.69. The molecule has 4 heterocycles. The minimum absolute atomic E-state index is 0.0251. The van der Waals surface area contributed by atoms with E-state index in [1.165, 1.54) is 32.4 Å². The predicted molar refractivity (Wildman–Crippen MR) is 96.9 cm³/mol. The van der Waals surface area contributed by atoms with Crippen LogP contribution in [0.15, 0.2) is 18.3 Å². The third-order valence-electron chi connectivity index (χ3n) is 5.93. The van der Waals surface area contributed by atoms with Crippen molar-refractivity contribution in [1.82, 2.24) is 15.2 Å². The van der Waals surface area contributed by atoms with Crippen molar-refractivity contribution < 1.29 is 9.53 Å². The first-order chi connectivity index (χ1) is 12.3. The van der Waals surface area contributed by atoms with Gasteiger partial charge < -0.3 is 19.9 Å². The number of anilines is 1. The lowest BCUT2D eigenvalue weighted by Gasteiger charge is -2.36. The molecule has 3 aliphatic rings. The molecule has 1 atom stereocenters. The maximum atomic E-state index is 12.6. The van der Waals surface area contributed by atoms with Crippen LogP contribution in [-0.2, 0) is 4.74 Å². The summed E-state index contributed by atoms with van der Waals surface area (Å²) in [6.45, 7) is 7.09. The zero-order chi connectivity index (χ0) is 17.1. The molecular formula is C19H28N4O2. The van der Waals surface area contributed by atoms with Gasteiger partial charge in [-0.05, 0) is 56.3 Å². The molecule has 4 rings (SSSR count). The van der Waals surface area contributed by atoms with E-state index in [4.69, 9.17) is 4.74 Å². The summed E-state index contributed by atoms with van der Waals surface area (Å²) in [6.07, 6.45) is 5.61. The van der Waals surface area contributed by atoms with Gasteiger partial charge in [0.05, 0.1) is 13.2 Å². The van der Waals surface area contributed by atoms with Crippen molar-refractivity contribution >= 4 is 11.6 Å². The van der Waals surface area contributed by atoms with Gasteiger partial charge in [-0.1, -0.05) is 0 Å². The molecule has 25 heavy (non-hydrogen) atoms. The monoisotopic (exact) mass is 344 g/mol. The number of pyridine rings is 1. The van der Waals surface area contributed by atoms with Gasteiger partial charge in [-0.25, -0.2) is 0 Å². The van der Waals surface area contributed by atoms with Crippen LogP contribution in [0.5, 0.6) is 0 Å². The molecule has 1 aromatic rings. The van der Waals surface area contributed by atoms with E-state index >= 15 is 0 Å². The molecule has 0 aliphatic carbocycles. The van der Waals surface area contributed by atoms with Gasteiger partial charge in [-0.2, -0.15) is 0 Å². The topological polar surface area (TPSA) is 57.7 Å². The highest BCUT2D eigenvalue weighted by molar-refractivity contribution is 5.93. The smallest absolute Gasteiger partial charge is 0.272 e. The Kier molecular flexibility index (Phi) is 5.17. The lowest BCUT2D eigenvalue weighted by molar-refractivity contribution is 0.0299. The fraction of sp³-hybridized carbons (Fsp3) is 0.684. The lowest BCUT2D eigenvalue weighted by Crippen LogP contribution is -2.41. The summed E-state index contributed by atoms with van der Waals surface area (Å²) in [7, 11) is 0. The number of nitrogens with zero attached hydrogens (tertiary/aromatic N) is 3. The Bertz CT molecular complexity index is 589. The molecule has 1 unspecified atom stereocenters. The summed E-state index contributed by atoms with van der Waals surface area (Å²) in [5, 5.41) is 3.49. The molecule has 0 bridgehead atoms. The van der Waals surface area contributed by atoms with Crippen LogP contribution in [-0.4, -0.2) is 68.3 Å². The van der Waals surface area contributed by atoms with Gasteiger partial charge in [-0.3, -0.25) is 9.78 Å². The van der Waals surface area contributed by atoms with Crippen LogP contribution in [0.3, 0.4) is 0 Å². The predicted octanol–water partition coefficient (Wildman–Crippen LogP) is 1.38. The molecule has 3 saturated heterocycles. The van der Waals surface area contributed by atoms with Crippen LogP contribution in [0.2, 0.25) is 0 Å². The summed E-state index contributed by atoms with van der Waals surface area (Å²) < 4.78 is 5.33. The second kappa shape index (κ2) is 7.70. The van der Waals surface area contributed by atoms with Crippen molar-refractivity contribution in [2.24, 2.45) is 11.8 Å². The average Bonchev–Trinajstić information content (AvgIpc) is 3.23. The quantitative estimate of drug-likeness (QED) is 0.898. The van der Waals surface area contributed by atoms with Gasteiger partial charge in [-0.15, -0.1) is 0 Å². The number of hydrogen-bond donors (Lipinski definition) is 1. The van der Waals surface area contributed by atoms with E-state index in [1.54, 1.807) is 6.20 Å². The van der Waals surface area contributed by atoms with Gasteiger partial charge >= 0.3 is 0 Å². The van der Waals surface area contributed by atoms with E-state index < -0.39 is 0 Å². The molecule has 0 spiro atoms. The Labute approximate surface area is 149 Å². The summed E-state index contributed by atoms with van der Waals surface area (Å²) in [6, 6.07) is 4.00. The second-order valence-corrected chi connectivity index (χ2v) is 7.38. The fourth-order valence-corrected chi connectivity index (χ4v) is 4.37. The molecule has 6 heteroatoms. The molecule has 0 radical (unpaired) electrons. The van der Waals surface area contributed by atoms with Crippen LogP contribution in [0.25, 0.3) is 0 Å². The second-order valence-electron chi connectivity index (χ2n) is 7.38. The molecule has 6 nitrogen and oxygen atoms in total. The van der Waals surface area contributed by atoms with E-state index in [0.717, 1.165) is 30.6 Å². The highest BCUT2D eigenvalue weighted by Gasteiger charge is 2.29. The SMILES string of the molecule is O=C(c1cc(N2CCC(C3CCNC3)CC2)ccn1)N1CCOCC1. The third-order valence-corrected chi connectivity index (χ3v) is 5.93. The van der Waals surface area contributed by atoms with E-state index in [1.807, 2.05) is 17.0 Å². The number of aromatic nitrogens is 1. The normalized spacial score (nSPS) is 25.4. The number of amides is 1. The minimum atomic E-state index is 0.0251. The molecule has 0 saturated carbocycles. The molecular weight excluding hydrogens is 316 g/mol. The number of piperidine rings is 1. The van der Waals surface area contributed by atoms with Crippen LogP contribution < -0.4 is 10.2 Å². The number of nitrogens with one attached hydrogen (secondary N) is 1. The zero-order valence-corrected chi connectivity index (χ0v) is 14.8. The van der Waals surface area contributed by atoms with Crippen LogP contribution in [0.4, 0.5) is 5.69 Å². The average molecular weight is 344 g/mol. The number of carbonyl (C=O) groups is 1. The Morgan fingerprint density at radius 2 is 1.92 bits per heavy atom. The fourth-order valence-electron chi connectivity index (χ4n) is 4.37. The number of carbonyl (C=O) groups excluding carboxylic acids is 1. The Morgan fingerprint density at radius 3 is 2.64 bits per heavy atom. The highest BCUT2D eigenvalue weighted by Crippen LogP contribution is 2.31. The maximum Gasteiger partial charge on any atom is 0.272 e. The van der Waals surface area contributed by atoms with E-state index in [0.29, 0.717) is 32.0 Å². The first-order valence-corrected chi connectivity index (χ1v) is 9.60. The molecule has 136 valence electrons. The molecule has 3 fully saturated rings.